The molecule has 0 atom stereocenters. The molecule has 1 heterocycles. The molecule has 1 aliphatic heterocycles. The van der Waals surface area contributed by atoms with Crippen LogP contribution < -0.4 is 0 Å². The van der Waals surface area contributed by atoms with Crippen LogP contribution in [0.15, 0.2) is 11.0 Å². The number of alkyl halides is 12. The van der Waals surface area contributed by atoms with Gasteiger partial charge in [0.25, 0.3) is 16.0 Å². The molecule has 212 valence electrons. The van der Waals surface area contributed by atoms with Gasteiger partial charge in [0, 0.05) is 12.5 Å². The number of carbonyl (C=O) groups excluding carboxylic acids is 3. The number of carboxylic acid groups (broad SMARTS) is 1. The molecule has 0 unspecified atom stereocenters. The van der Waals surface area contributed by atoms with Crippen molar-refractivity contribution in [2.24, 2.45) is 0 Å². The van der Waals surface area contributed by atoms with E-state index >= 15 is 0 Å². The van der Waals surface area contributed by atoms with Crippen molar-refractivity contribution in [2.75, 3.05) is 0 Å². The van der Waals surface area contributed by atoms with E-state index in [1.165, 1.54) is 0 Å². The Kier molecular flexibility index (Phi) is 7.78. The maximum Gasteiger partial charge on any atom is 0.410 e. The average Bonchev–Trinajstić information content (AvgIpc) is 3.00. The minimum absolute atomic E-state index is 0.191. The fraction of sp³-hybridized carbons (Fsp3) is 0.571. The maximum absolute atomic E-state index is 13.7. The standard InChI is InChI=1S/C14H7F12NO9S/c15-9(16,2-1-6(29)36-27-5(28)3-4(7(27)30)37(33,34)35)11(19,20)13(23,24)14(25,26)12(21,22)10(17,18)8(31)32/h3H,1-2H2,(H,31,32)(H,33,34,35). The third kappa shape index (κ3) is 4.92. The van der Waals surface area contributed by atoms with Gasteiger partial charge in [0.15, 0.2) is 4.91 Å². The highest BCUT2D eigenvalue weighted by molar-refractivity contribution is 7.90. The van der Waals surface area contributed by atoms with Crippen molar-refractivity contribution < 1.29 is 94.8 Å². The van der Waals surface area contributed by atoms with Crippen molar-refractivity contribution in [2.45, 2.75) is 48.4 Å². The second-order valence-electron chi connectivity index (χ2n) is 6.77. The van der Waals surface area contributed by atoms with Crippen LogP contribution in [0.3, 0.4) is 0 Å². The minimum Gasteiger partial charge on any atom is -0.477 e. The number of hydrogen-bond donors (Lipinski definition) is 2. The number of aliphatic carboxylic acids is 1. The zero-order chi connectivity index (χ0) is 29.8. The van der Waals surface area contributed by atoms with Gasteiger partial charge in [-0.3, -0.25) is 14.1 Å². The molecule has 0 bridgehead atoms. The molecule has 0 spiro atoms. The summed E-state index contributed by atoms with van der Waals surface area (Å²) >= 11 is 0. The third-order valence-corrected chi connectivity index (χ3v) is 5.12. The fourth-order valence-electron chi connectivity index (χ4n) is 2.22. The number of amides is 2. The number of hydrogen-bond acceptors (Lipinski definition) is 7. The Labute approximate surface area is 194 Å². The van der Waals surface area contributed by atoms with E-state index in [-0.39, 0.29) is 6.08 Å². The zero-order valence-corrected chi connectivity index (χ0v) is 17.5. The van der Waals surface area contributed by atoms with Crippen molar-refractivity contribution in [3.05, 3.63) is 11.0 Å². The van der Waals surface area contributed by atoms with Crippen molar-refractivity contribution in [3.8, 4) is 0 Å². The molecule has 0 fully saturated rings. The van der Waals surface area contributed by atoms with Crippen molar-refractivity contribution in [1.29, 1.82) is 0 Å². The quantitative estimate of drug-likeness (QED) is 0.209. The van der Waals surface area contributed by atoms with Crippen LogP contribution in [0.25, 0.3) is 0 Å². The van der Waals surface area contributed by atoms with Gasteiger partial charge < -0.3 is 9.94 Å². The van der Waals surface area contributed by atoms with Crippen LogP contribution >= 0.6 is 0 Å². The Bertz CT molecular complexity index is 1150. The Balaban J connectivity index is 3.16. The molecular formula is C14H7F12NO9S. The molecule has 0 saturated carbocycles. The number of halogens is 12. The molecule has 2 N–H and O–H groups in total. The number of rotatable bonds is 11. The third-order valence-electron chi connectivity index (χ3n) is 4.27. The Morgan fingerprint density at radius 3 is 1.65 bits per heavy atom. The lowest BCUT2D eigenvalue weighted by Crippen LogP contribution is -2.71. The van der Waals surface area contributed by atoms with Crippen LogP contribution in [-0.2, 0) is 34.1 Å². The lowest BCUT2D eigenvalue weighted by atomic mass is 9.90. The highest BCUT2D eigenvalue weighted by atomic mass is 32.2. The number of nitrogens with zero attached hydrogens (tertiary/aromatic N) is 1. The molecule has 2 amide bonds. The van der Waals surface area contributed by atoms with E-state index in [0.29, 0.717) is 0 Å². The second-order valence-corrected chi connectivity index (χ2v) is 8.16. The predicted molar refractivity (Wildman–Crippen MR) is 84.1 cm³/mol. The van der Waals surface area contributed by atoms with Gasteiger partial charge in [0.2, 0.25) is 0 Å². The summed E-state index contributed by atoms with van der Waals surface area (Å²) in [4.78, 5) is 46.3. The molecule has 0 aromatic heterocycles. The molecule has 37 heavy (non-hydrogen) atoms. The summed E-state index contributed by atoms with van der Waals surface area (Å²) in [6.45, 7) is 0. The molecule has 0 aromatic rings. The number of imide groups is 1. The van der Waals surface area contributed by atoms with Gasteiger partial charge in [-0.1, -0.05) is 5.06 Å². The van der Waals surface area contributed by atoms with E-state index in [2.05, 4.69) is 4.84 Å². The monoisotopic (exact) mass is 593 g/mol. The second kappa shape index (κ2) is 9.02. The summed E-state index contributed by atoms with van der Waals surface area (Å²) in [5.41, 5.74) is 0. The summed E-state index contributed by atoms with van der Waals surface area (Å²) < 4.78 is 191. The average molecular weight is 593 g/mol. The van der Waals surface area contributed by atoms with Crippen LogP contribution in [-0.4, -0.2) is 82.4 Å². The first-order valence-electron chi connectivity index (χ1n) is 8.40. The van der Waals surface area contributed by atoms with Gasteiger partial charge in [-0.15, -0.1) is 0 Å². The highest BCUT2D eigenvalue weighted by Gasteiger charge is 2.91. The molecule has 1 rings (SSSR count). The molecule has 0 aliphatic carbocycles. The van der Waals surface area contributed by atoms with Crippen molar-refractivity contribution in [3.63, 3.8) is 0 Å². The Morgan fingerprint density at radius 2 is 1.27 bits per heavy atom. The van der Waals surface area contributed by atoms with E-state index in [9.17, 15) is 80.3 Å². The summed E-state index contributed by atoms with van der Waals surface area (Å²) in [7, 11) is -5.43. The lowest BCUT2D eigenvalue weighted by Gasteiger charge is -2.40. The predicted octanol–water partition coefficient (Wildman–Crippen LogP) is 2.26. The lowest BCUT2D eigenvalue weighted by molar-refractivity contribution is -0.421. The van der Waals surface area contributed by atoms with E-state index in [1.54, 1.807) is 0 Å². The summed E-state index contributed by atoms with van der Waals surface area (Å²) in [5.74, 6) is -56.4. The molecular weight excluding hydrogens is 586 g/mol. The maximum atomic E-state index is 13.7. The first-order chi connectivity index (χ1) is 16.1. The van der Waals surface area contributed by atoms with Crippen LogP contribution in [0.5, 0.6) is 0 Å². The van der Waals surface area contributed by atoms with Crippen molar-refractivity contribution >= 4 is 33.9 Å². The number of carboxylic acids is 1. The van der Waals surface area contributed by atoms with E-state index in [4.69, 9.17) is 9.66 Å². The molecule has 10 nitrogen and oxygen atoms in total. The number of carbonyl (C=O) groups is 4. The molecule has 23 heteroatoms. The van der Waals surface area contributed by atoms with Gasteiger partial charge >= 0.3 is 53.4 Å². The van der Waals surface area contributed by atoms with Crippen LogP contribution in [0, 0.1) is 0 Å². The van der Waals surface area contributed by atoms with Crippen LogP contribution in [0.2, 0.25) is 0 Å². The summed E-state index contributed by atoms with van der Waals surface area (Å²) in [6.07, 6.45) is -5.56. The van der Waals surface area contributed by atoms with Gasteiger partial charge in [-0.2, -0.15) is 61.1 Å². The molecule has 1 aliphatic rings. The minimum atomic E-state index is -8.17. The normalized spacial score (nSPS) is 16.7. The van der Waals surface area contributed by atoms with Gasteiger partial charge in [0.05, 0.1) is 6.42 Å². The molecule has 0 saturated heterocycles. The topological polar surface area (TPSA) is 155 Å². The molecule has 0 aromatic carbocycles. The highest BCUT2D eigenvalue weighted by Crippen LogP contribution is 2.60. The van der Waals surface area contributed by atoms with Crippen molar-refractivity contribution in [1.82, 2.24) is 5.06 Å². The Hall–Kier alpha value is -3.11. The van der Waals surface area contributed by atoms with Gasteiger partial charge in [-0.05, 0) is 0 Å². The summed E-state index contributed by atoms with van der Waals surface area (Å²) in [6, 6.07) is 0. The largest absolute Gasteiger partial charge is 0.477 e. The molecule has 0 radical (unpaired) electrons. The van der Waals surface area contributed by atoms with Crippen LogP contribution in [0.1, 0.15) is 12.8 Å². The van der Waals surface area contributed by atoms with E-state index in [1.807, 2.05) is 0 Å². The fourth-order valence-corrected chi connectivity index (χ4v) is 2.78. The van der Waals surface area contributed by atoms with Crippen LogP contribution in [0.4, 0.5) is 52.7 Å². The smallest absolute Gasteiger partial charge is 0.410 e. The van der Waals surface area contributed by atoms with E-state index < -0.39 is 92.2 Å². The van der Waals surface area contributed by atoms with E-state index in [0.717, 1.165) is 0 Å². The van der Waals surface area contributed by atoms with Gasteiger partial charge in [0.1, 0.15) is 0 Å². The number of hydroxylamine groups is 2. The Morgan fingerprint density at radius 1 is 0.838 bits per heavy atom. The zero-order valence-electron chi connectivity index (χ0n) is 16.6. The first kappa shape index (κ1) is 31.9. The first-order valence-corrected chi connectivity index (χ1v) is 9.84. The van der Waals surface area contributed by atoms with Gasteiger partial charge in [-0.25, -0.2) is 9.59 Å². The summed E-state index contributed by atoms with van der Waals surface area (Å²) in [5, 5.41) is 6.97. The SMILES string of the molecule is O=C(CCC(F)(F)C(F)(F)C(F)(F)C(F)(F)C(F)(F)C(F)(F)C(=O)O)ON1C(=O)C=C(S(=O)(=O)O)C1=O.